The van der Waals surface area contributed by atoms with E-state index >= 15 is 0 Å². The lowest BCUT2D eigenvalue weighted by Gasteiger charge is -2.25. The van der Waals surface area contributed by atoms with Crippen molar-refractivity contribution in [2.45, 2.75) is 13.0 Å². The summed E-state index contributed by atoms with van der Waals surface area (Å²) in [5.41, 5.74) is 2.77. The van der Waals surface area contributed by atoms with Crippen LogP contribution in [0.4, 0.5) is 14.8 Å². The predicted molar refractivity (Wildman–Crippen MR) is 128 cm³/mol. The van der Waals surface area contributed by atoms with Gasteiger partial charge in [0.25, 0.3) is 5.91 Å². The minimum absolute atomic E-state index is 0.0919. The summed E-state index contributed by atoms with van der Waals surface area (Å²) < 4.78 is 5.90. The van der Waals surface area contributed by atoms with Crippen LogP contribution in [0.5, 0.6) is 0 Å². The van der Waals surface area contributed by atoms with Crippen LogP contribution < -0.4 is 5.32 Å². The van der Waals surface area contributed by atoms with Crippen molar-refractivity contribution >= 4 is 66.2 Å². The van der Waals surface area contributed by atoms with Gasteiger partial charge in [-0.15, -0.1) is 22.7 Å². The van der Waals surface area contributed by atoms with Crippen molar-refractivity contribution in [3.8, 4) is 10.6 Å². The molecule has 5 rings (SSSR count). The molecule has 0 unspecified atom stereocenters. The minimum atomic E-state index is -0.515. The number of thiophene rings is 2. The van der Waals surface area contributed by atoms with Gasteiger partial charge in [-0.25, -0.2) is 9.78 Å². The third-order valence-corrected chi connectivity index (χ3v) is 8.44. The highest BCUT2D eigenvalue weighted by molar-refractivity contribution is 7.23. The Labute approximate surface area is 199 Å². The zero-order chi connectivity index (χ0) is 23.1. The molecule has 1 aliphatic heterocycles. The number of amides is 2. The quantitative estimate of drug-likeness (QED) is 0.298. The number of methoxy groups -OCH3 is 1. The highest BCUT2D eigenvalue weighted by Crippen LogP contribution is 2.46. The first-order chi connectivity index (χ1) is 15.9. The molecule has 1 aliphatic rings. The molecule has 168 valence electrons. The normalized spacial score (nSPS) is 13.1. The number of ether oxygens (including phenoxy) is 1. The van der Waals surface area contributed by atoms with Crippen LogP contribution in [-0.2, 0) is 17.7 Å². The summed E-state index contributed by atoms with van der Waals surface area (Å²) in [4.78, 5) is 43.1. The highest BCUT2D eigenvalue weighted by atomic mass is 32.1. The van der Waals surface area contributed by atoms with Gasteiger partial charge in [-0.1, -0.05) is 23.5 Å². The molecular weight excluding hydrogens is 484 g/mol. The Morgan fingerprint density at radius 2 is 2.00 bits per heavy atom. The summed E-state index contributed by atoms with van der Waals surface area (Å²) in [5.74, 6) is -0.418. The Bertz CT molecular complexity index is 1370. The summed E-state index contributed by atoms with van der Waals surface area (Å²) in [6.07, 6.45) is 0.207. The van der Waals surface area contributed by atoms with Crippen LogP contribution in [0.15, 0.2) is 36.4 Å². The SMILES string of the molecule is COC(=O)N1CCc2c(sc(NC(=O)c3ccc([N+](=O)[O-])s3)c2-c2nc3ccccc3s2)C1. The summed E-state index contributed by atoms with van der Waals surface area (Å²) in [5, 5.41) is 15.2. The number of nitrogens with zero attached hydrogens (tertiary/aromatic N) is 3. The van der Waals surface area contributed by atoms with Crippen LogP contribution in [0.1, 0.15) is 20.1 Å². The number of anilines is 1. The van der Waals surface area contributed by atoms with E-state index in [1.54, 1.807) is 4.90 Å². The largest absolute Gasteiger partial charge is 0.453 e. The Morgan fingerprint density at radius 1 is 1.18 bits per heavy atom. The lowest BCUT2D eigenvalue weighted by atomic mass is 10.0. The van der Waals surface area contributed by atoms with Crippen molar-refractivity contribution in [2.75, 3.05) is 19.0 Å². The molecule has 4 heterocycles. The molecule has 0 fully saturated rings. The average Bonchev–Trinajstić information content (AvgIpc) is 3.53. The van der Waals surface area contributed by atoms with E-state index < -0.39 is 16.9 Å². The van der Waals surface area contributed by atoms with E-state index in [9.17, 15) is 19.7 Å². The van der Waals surface area contributed by atoms with E-state index in [4.69, 9.17) is 9.72 Å². The molecule has 1 N–H and O–H groups in total. The number of hydrogen-bond donors (Lipinski definition) is 1. The van der Waals surface area contributed by atoms with Crippen molar-refractivity contribution in [3.05, 3.63) is 61.8 Å². The van der Waals surface area contributed by atoms with Gasteiger partial charge in [-0.05, 0) is 30.2 Å². The third-order valence-electron chi connectivity index (χ3n) is 5.22. The maximum atomic E-state index is 12.9. The van der Waals surface area contributed by atoms with Crippen molar-refractivity contribution in [1.82, 2.24) is 9.88 Å². The Hall–Kier alpha value is -3.35. The van der Waals surface area contributed by atoms with Crippen LogP contribution in [0.2, 0.25) is 0 Å². The van der Waals surface area contributed by atoms with Crippen LogP contribution >= 0.6 is 34.0 Å². The lowest BCUT2D eigenvalue weighted by Crippen LogP contribution is -2.35. The minimum Gasteiger partial charge on any atom is -0.453 e. The van der Waals surface area contributed by atoms with E-state index in [-0.39, 0.29) is 9.88 Å². The molecule has 9 nitrogen and oxygen atoms in total. The number of carbonyl (C=O) groups is 2. The van der Waals surface area contributed by atoms with E-state index in [0.717, 1.165) is 42.6 Å². The fourth-order valence-corrected chi connectivity index (χ4v) is 6.78. The van der Waals surface area contributed by atoms with Gasteiger partial charge in [-0.3, -0.25) is 14.9 Å². The molecule has 0 saturated carbocycles. The molecule has 0 bridgehead atoms. The van der Waals surface area contributed by atoms with Gasteiger partial charge in [0.05, 0.1) is 33.7 Å². The number of benzene rings is 1. The number of aromatic nitrogens is 1. The number of hydrogen-bond acceptors (Lipinski definition) is 9. The van der Waals surface area contributed by atoms with Gasteiger partial charge in [0.15, 0.2) is 0 Å². The van der Waals surface area contributed by atoms with Gasteiger partial charge >= 0.3 is 11.1 Å². The summed E-state index contributed by atoms with van der Waals surface area (Å²) >= 11 is 3.75. The van der Waals surface area contributed by atoms with E-state index in [0.29, 0.717) is 24.5 Å². The fourth-order valence-electron chi connectivity index (χ4n) is 3.69. The van der Waals surface area contributed by atoms with Crippen LogP contribution in [-0.4, -0.2) is 40.5 Å². The number of thiazole rings is 1. The number of nitro groups is 1. The maximum Gasteiger partial charge on any atom is 0.409 e. The molecule has 3 aromatic heterocycles. The van der Waals surface area contributed by atoms with Gasteiger partial charge in [0.1, 0.15) is 10.0 Å². The zero-order valence-corrected chi connectivity index (χ0v) is 19.6. The molecule has 0 atom stereocenters. The molecule has 0 aliphatic carbocycles. The second-order valence-corrected chi connectivity index (χ2v) is 10.4. The number of rotatable bonds is 4. The van der Waals surface area contributed by atoms with Crippen molar-refractivity contribution < 1.29 is 19.2 Å². The topological polar surface area (TPSA) is 115 Å². The van der Waals surface area contributed by atoms with Crippen LogP contribution in [0, 0.1) is 10.1 Å². The predicted octanol–water partition coefficient (Wildman–Crippen LogP) is 5.37. The fraction of sp³-hybridized carbons (Fsp3) is 0.190. The Morgan fingerprint density at radius 3 is 2.73 bits per heavy atom. The van der Waals surface area contributed by atoms with E-state index in [1.807, 2.05) is 24.3 Å². The monoisotopic (exact) mass is 500 g/mol. The molecule has 12 heteroatoms. The standard InChI is InChI=1S/C21H16N4O5S3/c1-30-21(27)24-9-8-11-15(10-24)33-20(23-18(26)14-6-7-16(31-14)25(28)29)17(11)19-22-12-4-2-3-5-13(12)32-19/h2-7H,8-10H2,1H3,(H,23,26). The van der Waals surface area contributed by atoms with Crippen LogP contribution in [0.3, 0.4) is 0 Å². The third kappa shape index (κ3) is 3.96. The van der Waals surface area contributed by atoms with Gasteiger partial charge in [0, 0.05) is 23.1 Å². The molecule has 1 aromatic carbocycles. The molecule has 0 radical (unpaired) electrons. The number of carbonyl (C=O) groups excluding carboxylic acids is 2. The summed E-state index contributed by atoms with van der Waals surface area (Å²) in [6.45, 7) is 0.879. The molecule has 0 saturated heterocycles. The zero-order valence-electron chi connectivity index (χ0n) is 17.2. The molecule has 4 aromatic rings. The first kappa shape index (κ1) is 21.5. The highest BCUT2D eigenvalue weighted by Gasteiger charge is 2.30. The smallest absolute Gasteiger partial charge is 0.409 e. The second-order valence-electron chi connectivity index (χ2n) is 7.19. The number of para-hydroxylation sites is 1. The van der Waals surface area contributed by atoms with E-state index in [1.165, 1.54) is 41.9 Å². The summed E-state index contributed by atoms with van der Waals surface area (Å²) in [7, 11) is 1.35. The Kier molecular flexibility index (Phi) is 5.56. The number of nitrogens with one attached hydrogen (secondary N) is 1. The second kappa shape index (κ2) is 8.54. The first-order valence-electron chi connectivity index (χ1n) is 9.83. The van der Waals surface area contributed by atoms with Crippen LogP contribution in [0.25, 0.3) is 20.8 Å². The van der Waals surface area contributed by atoms with Crippen molar-refractivity contribution in [1.29, 1.82) is 0 Å². The summed E-state index contributed by atoms with van der Waals surface area (Å²) in [6, 6.07) is 10.6. The van der Waals surface area contributed by atoms with E-state index in [2.05, 4.69) is 5.32 Å². The number of fused-ring (bicyclic) bond motifs is 2. The average molecular weight is 501 g/mol. The lowest BCUT2D eigenvalue weighted by molar-refractivity contribution is -0.380. The van der Waals surface area contributed by atoms with Gasteiger partial charge < -0.3 is 15.0 Å². The molecule has 0 spiro atoms. The molecular formula is C21H16N4O5S3. The van der Waals surface area contributed by atoms with Gasteiger partial charge in [-0.2, -0.15) is 0 Å². The van der Waals surface area contributed by atoms with Crippen molar-refractivity contribution in [3.63, 3.8) is 0 Å². The Balaban J connectivity index is 1.56. The maximum absolute atomic E-state index is 12.9. The molecule has 2 amide bonds. The van der Waals surface area contributed by atoms with Gasteiger partial charge in [0.2, 0.25) is 0 Å². The first-order valence-corrected chi connectivity index (χ1v) is 12.3. The molecule has 33 heavy (non-hydrogen) atoms. The van der Waals surface area contributed by atoms with Crippen molar-refractivity contribution in [2.24, 2.45) is 0 Å².